The molecule has 0 spiro atoms. The fraction of sp³-hybridized carbons (Fsp3) is 0.500. The first-order chi connectivity index (χ1) is 17.6. The molecule has 0 radical (unpaired) electrons. The molecule has 1 amide bonds. The minimum absolute atomic E-state index is 0.0941. The third-order valence-electron chi connectivity index (χ3n) is 6.81. The molecule has 1 aliphatic rings. The number of carbonyl (C=O) groups is 3. The van der Waals surface area contributed by atoms with Gasteiger partial charge in [0.15, 0.2) is 11.4 Å². The number of halogens is 1. The van der Waals surface area contributed by atoms with E-state index in [0.717, 1.165) is 36.8 Å². The SMILES string of the molecule is COc1ccnc(C(=O)N[C@@H](C)C(=O)O[C@H](C)[C@H](c2ccc(F)cc2C)C2CCCCC2)c1OC(C)=O. The number of carbonyl (C=O) groups excluding carboxylic acids is 3. The average Bonchev–Trinajstić information content (AvgIpc) is 2.85. The van der Waals surface area contributed by atoms with Gasteiger partial charge >= 0.3 is 11.9 Å². The van der Waals surface area contributed by atoms with Crippen LogP contribution in [0.5, 0.6) is 11.5 Å². The molecule has 1 aliphatic carbocycles. The Bertz CT molecular complexity index is 1130. The van der Waals surface area contributed by atoms with Crippen molar-refractivity contribution in [3.05, 3.63) is 53.1 Å². The zero-order chi connectivity index (χ0) is 27.1. The highest BCUT2D eigenvalue weighted by atomic mass is 19.1. The summed E-state index contributed by atoms with van der Waals surface area (Å²) >= 11 is 0. The summed E-state index contributed by atoms with van der Waals surface area (Å²) in [7, 11) is 1.37. The van der Waals surface area contributed by atoms with Gasteiger partial charge in [0.25, 0.3) is 5.91 Å². The normalized spacial score (nSPS) is 16.3. The minimum Gasteiger partial charge on any atom is -0.493 e. The lowest BCUT2D eigenvalue weighted by Gasteiger charge is -2.35. The van der Waals surface area contributed by atoms with Crippen LogP contribution in [0.2, 0.25) is 0 Å². The summed E-state index contributed by atoms with van der Waals surface area (Å²) in [5, 5.41) is 2.57. The van der Waals surface area contributed by atoms with Gasteiger partial charge in [0.1, 0.15) is 18.0 Å². The summed E-state index contributed by atoms with van der Waals surface area (Å²) in [5.41, 5.74) is 1.60. The van der Waals surface area contributed by atoms with Crippen molar-refractivity contribution in [1.29, 1.82) is 0 Å². The number of pyridine rings is 1. The van der Waals surface area contributed by atoms with Gasteiger partial charge in [-0.25, -0.2) is 14.2 Å². The maximum atomic E-state index is 13.8. The summed E-state index contributed by atoms with van der Waals surface area (Å²) in [6, 6.07) is 5.18. The standard InChI is InChI=1S/C28H35FN2O6/c1-16-15-21(29)11-12-22(16)24(20-9-7-6-8-10-20)18(3)36-28(34)17(2)31-27(33)25-26(37-19(4)32)23(35-5)13-14-30-25/h11-15,17-18,20,24H,6-10H2,1-5H3,(H,31,33)/t17-,18+,24-/m0/s1. The van der Waals surface area contributed by atoms with Gasteiger partial charge in [-0.3, -0.25) is 9.59 Å². The van der Waals surface area contributed by atoms with Crippen LogP contribution < -0.4 is 14.8 Å². The molecule has 9 heteroatoms. The minimum atomic E-state index is -1.01. The molecule has 1 aromatic heterocycles. The Kier molecular flexibility index (Phi) is 9.60. The van der Waals surface area contributed by atoms with Crippen LogP contribution in [-0.4, -0.2) is 42.1 Å². The predicted molar refractivity (Wildman–Crippen MR) is 135 cm³/mol. The molecule has 1 heterocycles. The first-order valence-corrected chi connectivity index (χ1v) is 12.6. The molecule has 8 nitrogen and oxygen atoms in total. The Morgan fingerprint density at radius 3 is 2.43 bits per heavy atom. The van der Waals surface area contributed by atoms with E-state index in [4.69, 9.17) is 14.2 Å². The number of esters is 2. The van der Waals surface area contributed by atoms with Crippen molar-refractivity contribution < 1.29 is 33.0 Å². The lowest BCUT2D eigenvalue weighted by molar-refractivity contribution is -0.152. The van der Waals surface area contributed by atoms with Crippen molar-refractivity contribution in [2.45, 2.75) is 77.9 Å². The Balaban J connectivity index is 1.76. The summed E-state index contributed by atoms with van der Waals surface area (Å²) in [4.78, 5) is 41.5. The summed E-state index contributed by atoms with van der Waals surface area (Å²) in [5.74, 6) is -2.04. The zero-order valence-electron chi connectivity index (χ0n) is 22.0. The van der Waals surface area contributed by atoms with Crippen LogP contribution in [0.25, 0.3) is 0 Å². The first kappa shape index (κ1) is 28.1. The Hall–Kier alpha value is -3.49. The van der Waals surface area contributed by atoms with Gasteiger partial charge in [-0.1, -0.05) is 25.3 Å². The molecule has 37 heavy (non-hydrogen) atoms. The van der Waals surface area contributed by atoms with Gasteiger partial charge in [-0.2, -0.15) is 0 Å². The van der Waals surface area contributed by atoms with Crippen LogP contribution in [0.4, 0.5) is 4.39 Å². The second-order valence-corrected chi connectivity index (χ2v) is 9.55. The molecular formula is C28H35FN2O6. The van der Waals surface area contributed by atoms with Crippen molar-refractivity contribution >= 4 is 17.8 Å². The van der Waals surface area contributed by atoms with Gasteiger partial charge in [-0.05, 0) is 62.8 Å². The largest absolute Gasteiger partial charge is 0.493 e. The van der Waals surface area contributed by atoms with Crippen LogP contribution in [-0.2, 0) is 14.3 Å². The van der Waals surface area contributed by atoms with Crippen molar-refractivity contribution in [3.8, 4) is 11.5 Å². The summed E-state index contributed by atoms with van der Waals surface area (Å²) < 4.78 is 30.0. The van der Waals surface area contributed by atoms with Crippen molar-refractivity contribution in [2.75, 3.05) is 7.11 Å². The first-order valence-electron chi connectivity index (χ1n) is 12.6. The van der Waals surface area contributed by atoms with E-state index in [1.54, 1.807) is 6.07 Å². The molecule has 0 saturated heterocycles. The molecule has 3 atom stereocenters. The number of rotatable bonds is 9. The van der Waals surface area contributed by atoms with Gasteiger partial charge in [0, 0.05) is 25.1 Å². The molecule has 2 aromatic rings. The van der Waals surface area contributed by atoms with E-state index in [-0.39, 0.29) is 28.9 Å². The molecule has 0 aliphatic heterocycles. The fourth-order valence-electron chi connectivity index (χ4n) is 5.07. The molecule has 3 rings (SSSR count). The number of methoxy groups -OCH3 is 1. The summed E-state index contributed by atoms with van der Waals surface area (Å²) in [6.07, 6.45) is 6.25. The van der Waals surface area contributed by atoms with E-state index in [2.05, 4.69) is 10.3 Å². The quantitative estimate of drug-likeness (QED) is 0.476. The summed E-state index contributed by atoms with van der Waals surface area (Å²) in [6.45, 7) is 6.42. The third-order valence-corrected chi connectivity index (χ3v) is 6.81. The molecule has 1 saturated carbocycles. The average molecular weight is 515 g/mol. The smallest absolute Gasteiger partial charge is 0.328 e. The number of benzene rings is 1. The predicted octanol–water partition coefficient (Wildman–Crippen LogP) is 4.88. The van der Waals surface area contributed by atoms with E-state index in [1.165, 1.54) is 51.8 Å². The van der Waals surface area contributed by atoms with Gasteiger partial charge in [-0.15, -0.1) is 0 Å². The van der Waals surface area contributed by atoms with Gasteiger partial charge in [0.2, 0.25) is 5.75 Å². The van der Waals surface area contributed by atoms with Crippen molar-refractivity contribution in [2.24, 2.45) is 5.92 Å². The second-order valence-electron chi connectivity index (χ2n) is 9.55. The van der Waals surface area contributed by atoms with Crippen LogP contribution in [0, 0.1) is 18.7 Å². The number of hydrogen-bond donors (Lipinski definition) is 1. The maximum absolute atomic E-state index is 13.8. The van der Waals surface area contributed by atoms with Crippen molar-refractivity contribution in [1.82, 2.24) is 10.3 Å². The Morgan fingerprint density at radius 1 is 1.11 bits per heavy atom. The number of ether oxygens (including phenoxy) is 3. The number of aromatic nitrogens is 1. The second kappa shape index (κ2) is 12.7. The number of hydrogen-bond acceptors (Lipinski definition) is 7. The fourth-order valence-corrected chi connectivity index (χ4v) is 5.07. The number of nitrogens with zero attached hydrogens (tertiary/aromatic N) is 1. The highest BCUT2D eigenvalue weighted by molar-refractivity contribution is 5.98. The number of nitrogens with one attached hydrogen (secondary N) is 1. The lowest BCUT2D eigenvalue weighted by atomic mass is 9.73. The molecule has 1 fully saturated rings. The molecule has 0 bridgehead atoms. The van der Waals surface area contributed by atoms with Crippen LogP contribution >= 0.6 is 0 Å². The van der Waals surface area contributed by atoms with E-state index in [0.29, 0.717) is 5.92 Å². The third kappa shape index (κ3) is 7.05. The van der Waals surface area contributed by atoms with E-state index in [9.17, 15) is 18.8 Å². The maximum Gasteiger partial charge on any atom is 0.328 e. The highest BCUT2D eigenvalue weighted by Crippen LogP contribution is 2.40. The molecule has 200 valence electrons. The molecule has 1 N–H and O–H groups in total. The zero-order valence-corrected chi connectivity index (χ0v) is 22.0. The number of aryl methyl sites for hydroxylation is 1. The van der Waals surface area contributed by atoms with Gasteiger partial charge in [0.05, 0.1) is 7.11 Å². The lowest BCUT2D eigenvalue weighted by Crippen LogP contribution is -2.42. The van der Waals surface area contributed by atoms with E-state index >= 15 is 0 Å². The highest BCUT2D eigenvalue weighted by Gasteiger charge is 2.34. The van der Waals surface area contributed by atoms with Gasteiger partial charge < -0.3 is 19.5 Å². The van der Waals surface area contributed by atoms with Crippen LogP contribution in [0.15, 0.2) is 30.5 Å². The van der Waals surface area contributed by atoms with E-state index in [1.807, 2.05) is 13.8 Å². The molecular weight excluding hydrogens is 479 g/mol. The topological polar surface area (TPSA) is 104 Å². The van der Waals surface area contributed by atoms with E-state index < -0.39 is 30.0 Å². The Labute approximate surface area is 216 Å². The van der Waals surface area contributed by atoms with Crippen LogP contribution in [0.1, 0.15) is 80.4 Å². The van der Waals surface area contributed by atoms with Crippen molar-refractivity contribution in [3.63, 3.8) is 0 Å². The monoisotopic (exact) mass is 514 g/mol. The molecule has 0 unspecified atom stereocenters. The van der Waals surface area contributed by atoms with Crippen LogP contribution in [0.3, 0.4) is 0 Å². The molecule has 1 aromatic carbocycles. The Morgan fingerprint density at radius 2 is 1.81 bits per heavy atom. The number of amides is 1.